The second-order valence-corrected chi connectivity index (χ2v) is 15.6. The fourth-order valence-electron chi connectivity index (χ4n) is 7.41. The lowest BCUT2D eigenvalue weighted by Crippen LogP contribution is -2.25. The smallest absolute Gasteiger partial charge is 0.232 e. The number of aryl methyl sites for hydroxylation is 1. The van der Waals surface area contributed by atoms with Crippen molar-refractivity contribution in [1.29, 1.82) is 0 Å². The fraction of sp³-hybridized carbons (Fsp3) is 0.667. The zero-order valence-corrected chi connectivity index (χ0v) is 34.3. The Kier molecular flexibility index (Phi) is 24.7. The van der Waals surface area contributed by atoms with Crippen LogP contribution in [-0.4, -0.2) is 26.9 Å². The number of phenols is 2. The third-order valence-electron chi connectivity index (χ3n) is 11.0. The molecule has 0 amide bonds. The first-order valence-electron chi connectivity index (χ1n) is 21.8. The lowest BCUT2D eigenvalue weighted by molar-refractivity contribution is -0.132. The van der Waals surface area contributed by atoms with Crippen molar-refractivity contribution in [2.24, 2.45) is 0 Å². The largest absolute Gasteiger partial charge is 0.508 e. The average molecular weight is 733 g/mol. The van der Waals surface area contributed by atoms with Gasteiger partial charge in [0.1, 0.15) is 17.3 Å². The van der Waals surface area contributed by atoms with E-state index in [1.165, 1.54) is 103 Å². The van der Waals surface area contributed by atoms with Gasteiger partial charge in [0.2, 0.25) is 11.6 Å². The minimum Gasteiger partial charge on any atom is -0.508 e. The molecule has 0 atom stereocenters. The van der Waals surface area contributed by atoms with E-state index in [-0.39, 0.29) is 34.0 Å². The highest BCUT2D eigenvalue weighted by Gasteiger charge is 2.35. The summed E-state index contributed by atoms with van der Waals surface area (Å²) >= 11 is 0. The fourth-order valence-corrected chi connectivity index (χ4v) is 7.41. The van der Waals surface area contributed by atoms with Crippen LogP contribution in [0.5, 0.6) is 11.5 Å². The van der Waals surface area contributed by atoms with Crippen LogP contribution in [0.4, 0.5) is 0 Å². The molecule has 5 nitrogen and oxygen atoms in total. The number of benzene rings is 1. The van der Waals surface area contributed by atoms with E-state index in [2.05, 4.69) is 38.2 Å². The third-order valence-corrected chi connectivity index (χ3v) is 11.0. The van der Waals surface area contributed by atoms with Crippen LogP contribution >= 0.6 is 0 Å². The molecule has 53 heavy (non-hydrogen) atoms. The van der Waals surface area contributed by atoms with Gasteiger partial charge in [-0.2, -0.15) is 0 Å². The number of hydrogen-bond donors (Lipinski definition) is 3. The Hall–Kier alpha value is -3.08. The number of allylic oxidation sites excluding steroid dienone is 7. The molecule has 298 valence electrons. The van der Waals surface area contributed by atoms with Crippen LogP contribution < -0.4 is 0 Å². The average Bonchev–Trinajstić information content (AvgIpc) is 3.15. The molecule has 2 rings (SSSR count). The van der Waals surface area contributed by atoms with Gasteiger partial charge in [0, 0.05) is 27.8 Å². The molecule has 0 fully saturated rings. The Morgan fingerprint density at radius 2 is 0.906 bits per heavy atom. The minimum atomic E-state index is -0.678. The highest BCUT2D eigenvalue weighted by molar-refractivity contribution is 6.52. The van der Waals surface area contributed by atoms with E-state index in [9.17, 15) is 24.9 Å². The standard InChI is InChI=1S/C48H76O5/c1-5-7-9-11-13-15-17-19-21-23-25-27-29-31-33-35-40-37-42(49)38(3)45(50)43(40)44-41(48(53)47(52)39(4)46(44)51)36-34-32-30-28-26-24-22-20-18-16-14-12-10-8-6-2/h19-22,37,49-51H,5-18,23-36H2,1-4H3. The predicted octanol–water partition coefficient (Wildman–Crippen LogP) is 14.4. The molecule has 0 saturated heterocycles. The van der Waals surface area contributed by atoms with Crippen molar-refractivity contribution in [3.05, 3.63) is 64.0 Å². The van der Waals surface area contributed by atoms with Crippen LogP contribution in [0.15, 0.2) is 47.3 Å². The highest BCUT2D eigenvalue weighted by Crippen LogP contribution is 2.44. The number of carbonyl (C=O) groups is 2. The SMILES string of the molecule is CCCCCCCCC=CCCCCCCCC1=C(c2c(CCCCCCCC=CCCCCCCCC)cc(O)c(C)c2O)C(O)=C(C)C(=O)C1=O. The molecule has 1 aliphatic rings. The molecule has 5 heteroatoms. The maximum Gasteiger partial charge on any atom is 0.232 e. The van der Waals surface area contributed by atoms with E-state index < -0.39 is 11.6 Å². The van der Waals surface area contributed by atoms with Crippen molar-refractivity contribution < 1.29 is 24.9 Å². The second kappa shape index (κ2) is 28.4. The number of unbranched alkanes of at least 4 members (excludes halogenated alkanes) is 22. The molecule has 0 radical (unpaired) electrons. The van der Waals surface area contributed by atoms with Crippen LogP contribution in [0.1, 0.15) is 211 Å². The number of aliphatic hydroxyl groups excluding tert-OH is 1. The lowest BCUT2D eigenvalue weighted by atomic mass is 9.80. The van der Waals surface area contributed by atoms with E-state index >= 15 is 0 Å². The van der Waals surface area contributed by atoms with Gasteiger partial charge in [0.05, 0.1) is 0 Å². The number of aromatic hydroxyl groups is 2. The summed E-state index contributed by atoms with van der Waals surface area (Å²) in [6.07, 6.45) is 41.0. The molecule has 1 aromatic rings. The summed E-state index contributed by atoms with van der Waals surface area (Å²) in [5, 5.41) is 33.4. The molecule has 0 bridgehead atoms. The number of aliphatic hydroxyl groups is 1. The molecule has 3 N–H and O–H groups in total. The predicted molar refractivity (Wildman–Crippen MR) is 225 cm³/mol. The van der Waals surface area contributed by atoms with E-state index in [1.807, 2.05) is 0 Å². The Morgan fingerprint density at radius 3 is 1.36 bits per heavy atom. The van der Waals surface area contributed by atoms with Crippen molar-refractivity contribution in [3.8, 4) is 11.5 Å². The highest BCUT2D eigenvalue weighted by atomic mass is 16.3. The quantitative estimate of drug-likeness (QED) is 0.0306. The minimum absolute atomic E-state index is 0.00759. The first-order chi connectivity index (χ1) is 25.8. The van der Waals surface area contributed by atoms with Crippen molar-refractivity contribution >= 4 is 17.1 Å². The number of Topliss-reactive ketones (excluding diaryl/α,β-unsaturated/α-hetero) is 2. The van der Waals surface area contributed by atoms with Crippen molar-refractivity contribution in [2.45, 2.75) is 207 Å². The topological polar surface area (TPSA) is 94.8 Å². The van der Waals surface area contributed by atoms with Gasteiger partial charge in [-0.3, -0.25) is 9.59 Å². The van der Waals surface area contributed by atoms with Crippen molar-refractivity contribution in [3.63, 3.8) is 0 Å². The zero-order chi connectivity index (χ0) is 38.7. The summed E-state index contributed by atoms with van der Waals surface area (Å²) in [7, 11) is 0. The number of hydrogen-bond acceptors (Lipinski definition) is 5. The normalized spacial score (nSPS) is 13.9. The number of rotatable bonds is 31. The molecule has 0 saturated carbocycles. The van der Waals surface area contributed by atoms with Crippen LogP contribution in [0.3, 0.4) is 0 Å². The Bertz CT molecular complexity index is 1340. The summed E-state index contributed by atoms with van der Waals surface area (Å²) in [5.41, 5.74) is 1.94. The van der Waals surface area contributed by atoms with E-state index in [1.54, 1.807) is 13.0 Å². The van der Waals surface area contributed by atoms with Crippen LogP contribution in [-0.2, 0) is 16.0 Å². The van der Waals surface area contributed by atoms with Gasteiger partial charge >= 0.3 is 0 Å². The van der Waals surface area contributed by atoms with E-state index in [4.69, 9.17) is 0 Å². The molecule has 0 heterocycles. The van der Waals surface area contributed by atoms with Crippen LogP contribution in [0.25, 0.3) is 5.57 Å². The number of carbonyl (C=O) groups excluding carboxylic acids is 2. The van der Waals surface area contributed by atoms with Crippen LogP contribution in [0, 0.1) is 6.92 Å². The Labute approximate surface area is 324 Å². The summed E-state index contributed by atoms with van der Waals surface area (Å²) in [6, 6.07) is 1.66. The van der Waals surface area contributed by atoms with Crippen molar-refractivity contribution in [2.75, 3.05) is 0 Å². The summed E-state index contributed by atoms with van der Waals surface area (Å²) < 4.78 is 0. The van der Waals surface area contributed by atoms with Gasteiger partial charge in [-0.15, -0.1) is 0 Å². The summed E-state index contributed by atoms with van der Waals surface area (Å²) in [6.45, 7) is 7.61. The van der Waals surface area contributed by atoms with Gasteiger partial charge in [-0.05, 0) is 103 Å². The molecular formula is C48H76O5. The van der Waals surface area contributed by atoms with Gasteiger partial charge in [0.15, 0.2) is 0 Å². The Balaban J connectivity index is 1.92. The first kappa shape index (κ1) is 46.1. The Morgan fingerprint density at radius 1 is 0.509 bits per heavy atom. The summed E-state index contributed by atoms with van der Waals surface area (Å²) in [4.78, 5) is 26.3. The molecule has 0 aromatic heterocycles. The van der Waals surface area contributed by atoms with E-state index in [0.717, 1.165) is 70.6 Å². The number of phenolic OH excluding ortho intramolecular Hbond substituents is 2. The second-order valence-electron chi connectivity index (χ2n) is 15.6. The molecular weight excluding hydrogens is 657 g/mol. The van der Waals surface area contributed by atoms with Gasteiger partial charge in [0.25, 0.3) is 0 Å². The maximum atomic E-state index is 13.4. The van der Waals surface area contributed by atoms with Gasteiger partial charge in [-0.25, -0.2) is 0 Å². The maximum absolute atomic E-state index is 13.4. The molecule has 1 aromatic carbocycles. The molecule has 0 unspecified atom stereocenters. The monoisotopic (exact) mass is 733 g/mol. The summed E-state index contributed by atoms with van der Waals surface area (Å²) in [5.74, 6) is -1.65. The van der Waals surface area contributed by atoms with Crippen LogP contribution in [0.2, 0.25) is 0 Å². The molecule has 1 aliphatic carbocycles. The molecule has 0 spiro atoms. The van der Waals surface area contributed by atoms with Gasteiger partial charge in [-0.1, -0.05) is 141 Å². The first-order valence-corrected chi connectivity index (χ1v) is 21.8. The van der Waals surface area contributed by atoms with Crippen molar-refractivity contribution in [1.82, 2.24) is 0 Å². The number of ketones is 2. The third kappa shape index (κ3) is 17.3. The molecule has 0 aliphatic heterocycles. The van der Waals surface area contributed by atoms with E-state index in [0.29, 0.717) is 29.5 Å². The lowest BCUT2D eigenvalue weighted by Gasteiger charge is -2.24. The van der Waals surface area contributed by atoms with Gasteiger partial charge < -0.3 is 15.3 Å². The zero-order valence-electron chi connectivity index (χ0n) is 34.3.